The van der Waals surface area contributed by atoms with Crippen molar-refractivity contribution in [1.29, 1.82) is 0 Å². The third kappa shape index (κ3) is 3.22. The molecule has 0 amide bonds. The highest BCUT2D eigenvalue weighted by atomic mass is 19.4. The van der Waals surface area contributed by atoms with E-state index in [1.165, 1.54) is 0 Å². The summed E-state index contributed by atoms with van der Waals surface area (Å²) in [7, 11) is 0. The van der Waals surface area contributed by atoms with Crippen LogP contribution in [0, 0.1) is 5.92 Å². The molecule has 1 heterocycles. The molecule has 2 atom stereocenters. The van der Waals surface area contributed by atoms with Gasteiger partial charge in [0.25, 0.3) is 0 Å². The molecule has 1 fully saturated rings. The van der Waals surface area contributed by atoms with Crippen LogP contribution in [-0.2, 0) is 6.42 Å². The van der Waals surface area contributed by atoms with E-state index in [9.17, 15) is 13.2 Å². The predicted octanol–water partition coefficient (Wildman–Crippen LogP) is 3.07. The third-order valence-electron chi connectivity index (χ3n) is 3.62. The zero-order chi connectivity index (χ0) is 13.2. The number of nitrogens with zero attached hydrogens (tertiary/aromatic N) is 1. The van der Waals surface area contributed by atoms with Gasteiger partial charge < -0.3 is 5.73 Å². The van der Waals surface area contributed by atoms with Crippen molar-refractivity contribution in [3.63, 3.8) is 0 Å². The Kier molecular flexibility index (Phi) is 3.61. The van der Waals surface area contributed by atoms with Gasteiger partial charge in [-0.05, 0) is 37.3 Å². The zero-order valence-electron chi connectivity index (χ0n) is 10.1. The van der Waals surface area contributed by atoms with Gasteiger partial charge in [0.1, 0.15) is 0 Å². The molecule has 0 aliphatic heterocycles. The summed E-state index contributed by atoms with van der Waals surface area (Å²) in [6.45, 7) is 0. The first-order chi connectivity index (χ1) is 8.39. The van der Waals surface area contributed by atoms with E-state index in [-0.39, 0.29) is 12.8 Å². The maximum Gasteiger partial charge on any atom is 0.391 e. The van der Waals surface area contributed by atoms with Crippen LogP contribution in [0.4, 0.5) is 13.2 Å². The molecule has 1 aliphatic carbocycles. The number of halogens is 3. The lowest BCUT2D eigenvalue weighted by molar-refractivity contribution is -0.187. The van der Waals surface area contributed by atoms with E-state index < -0.39 is 17.6 Å². The van der Waals surface area contributed by atoms with Crippen LogP contribution in [0.1, 0.15) is 31.2 Å². The highest BCUT2D eigenvalue weighted by molar-refractivity contribution is 5.13. The molecule has 18 heavy (non-hydrogen) atoms. The summed E-state index contributed by atoms with van der Waals surface area (Å²) in [4.78, 5) is 3.97. The smallest absolute Gasteiger partial charge is 0.325 e. The molecule has 1 aromatic rings. The maximum atomic E-state index is 12.8. The van der Waals surface area contributed by atoms with Crippen molar-refractivity contribution in [2.24, 2.45) is 11.7 Å². The monoisotopic (exact) mass is 258 g/mol. The van der Waals surface area contributed by atoms with Gasteiger partial charge in [0, 0.05) is 17.9 Å². The Hall–Kier alpha value is -1.10. The van der Waals surface area contributed by atoms with Gasteiger partial charge in [-0.15, -0.1) is 0 Å². The largest absolute Gasteiger partial charge is 0.391 e. The molecule has 1 aliphatic rings. The summed E-state index contributed by atoms with van der Waals surface area (Å²) >= 11 is 0. The quantitative estimate of drug-likeness (QED) is 0.885. The van der Waals surface area contributed by atoms with Crippen LogP contribution >= 0.6 is 0 Å². The molecule has 0 spiro atoms. The topological polar surface area (TPSA) is 38.9 Å². The van der Waals surface area contributed by atoms with E-state index in [1.54, 1.807) is 18.5 Å². The van der Waals surface area contributed by atoms with Gasteiger partial charge >= 0.3 is 6.18 Å². The Bertz CT molecular complexity index is 391. The van der Waals surface area contributed by atoms with Crippen molar-refractivity contribution < 1.29 is 13.2 Å². The van der Waals surface area contributed by atoms with Crippen molar-refractivity contribution in [3.8, 4) is 0 Å². The molecule has 0 bridgehead atoms. The van der Waals surface area contributed by atoms with Crippen molar-refractivity contribution in [2.75, 3.05) is 0 Å². The highest BCUT2D eigenvalue weighted by Crippen LogP contribution is 2.41. The molecule has 100 valence electrons. The molecule has 1 saturated carbocycles. The number of aromatic nitrogens is 1. The molecule has 5 heteroatoms. The van der Waals surface area contributed by atoms with Gasteiger partial charge in [-0.25, -0.2) is 0 Å². The molecule has 0 saturated heterocycles. The van der Waals surface area contributed by atoms with Crippen LogP contribution < -0.4 is 5.73 Å². The molecule has 2 N–H and O–H groups in total. The van der Waals surface area contributed by atoms with Crippen molar-refractivity contribution in [3.05, 3.63) is 30.1 Å². The van der Waals surface area contributed by atoms with E-state index in [2.05, 4.69) is 4.98 Å². The normalized spacial score (nSPS) is 29.2. The van der Waals surface area contributed by atoms with E-state index >= 15 is 0 Å². The van der Waals surface area contributed by atoms with Crippen molar-refractivity contribution >= 4 is 0 Å². The van der Waals surface area contributed by atoms with Crippen molar-refractivity contribution in [1.82, 2.24) is 4.98 Å². The van der Waals surface area contributed by atoms with Gasteiger partial charge in [-0.3, -0.25) is 4.98 Å². The van der Waals surface area contributed by atoms with E-state index in [1.807, 2.05) is 6.07 Å². The fourth-order valence-electron chi connectivity index (χ4n) is 2.74. The van der Waals surface area contributed by atoms with Gasteiger partial charge in [0.15, 0.2) is 0 Å². The van der Waals surface area contributed by atoms with Gasteiger partial charge in [0.05, 0.1) is 5.92 Å². The van der Waals surface area contributed by atoms with Crippen LogP contribution in [0.2, 0.25) is 0 Å². The summed E-state index contributed by atoms with van der Waals surface area (Å²) in [5.74, 6) is -1.26. The number of rotatable bonds is 2. The molecule has 2 rings (SSSR count). The Balaban J connectivity index is 2.07. The molecule has 2 nitrogen and oxygen atoms in total. The van der Waals surface area contributed by atoms with E-state index in [4.69, 9.17) is 5.73 Å². The molecule has 0 radical (unpaired) electrons. The van der Waals surface area contributed by atoms with E-state index in [0.29, 0.717) is 19.3 Å². The Morgan fingerprint density at radius 3 is 2.83 bits per heavy atom. The van der Waals surface area contributed by atoms with Crippen LogP contribution in [0.25, 0.3) is 0 Å². The second-order valence-electron chi connectivity index (χ2n) is 5.24. The average molecular weight is 258 g/mol. The summed E-state index contributed by atoms with van der Waals surface area (Å²) in [6, 6.07) is 3.64. The first-order valence-corrected chi connectivity index (χ1v) is 6.14. The lowest BCUT2D eigenvalue weighted by atomic mass is 9.73. The zero-order valence-corrected chi connectivity index (χ0v) is 10.1. The number of hydrogen-bond donors (Lipinski definition) is 1. The predicted molar refractivity (Wildman–Crippen MR) is 62.9 cm³/mol. The minimum Gasteiger partial charge on any atom is -0.325 e. The van der Waals surface area contributed by atoms with Crippen LogP contribution in [0.5, 0.6) is 0 Å². The molecular weight excluding hydrogens is 241 g/mol. The Labute approximate surface area is 104 Å². The number of hydrogen-bond acceptors (Lipinski definition) is 2. The summed E-state index contributed by atoms with van der Waals surface area (Å²) in [5, 5.41) is 0. The van der Waals surface area contributed by atoms with Crippen LogP contribution in [0.15, 0.2) is 24.5 Å². The van der Waals surface area contributed by atoms with Gasteiger partial charge in [-0.2, -0.15) is 13.2 Å². The standard InChI is InChI=1S/C13H17F3N2/c14-13(15,16)11-4-1-5-12(17,8-11)7-10-3-2-6-18-9-10/h2-3,6,9,11H,1,4-5,7-8,17H2. The summed E-state index contributed by atoms with van der Waals surface area (Å²) in [5.41, 5.74) is 6.31. The van der Waals surface area contributed by atoms with Crippen LogP contribution in [0.3, 0.4) is 0 Å². The Morgan fingerprint density at radius 1 is 1.44 bits per heavy atom. The molecule has 0 aromatic carbocycles. The second-order valence-corrected chi connectivity index (χ2v) is 5.24. The number of alkyl halides is 3. The molecule has 2 unspecified atom stereocenters. The minimum absolute atomic E-state index is 0.0192. The molecular formula is C13H17F3N2. The second kappa shape index (κ2) is 4.88. The van der Waals surface area contributed by atoms with Gasteiger partial charge in [0.2, 0.25) is 0 Å². The maximum absolute atomic E-state index is 12.8. The first-order valence-electron chi connectivity index (χ1n) is 6.14. The number of pyridine rings is 1. The first kappa shape index (κ1) is 13.3. The lowest BCUT2D eigenvalue weighted by Gasteiger charge is -2.38. The Morgan fingerprint density at radius 2 is 2.22 bits per heavy atom. The third-order valence-corrected chi connectivity index (χ3v) is 3.62. The fourth-order valence-corrected chi connectivity index (χ4v) is 2.74. The summed E-state index contributed by atoms with van der Waals surface area (Å²) in [6.07, 6.45) is 1.07. The lowest BCUT2D eigenvalue weighted by Crippen LogP contribution is -2.48. The van der Waals surface area contributed by atoms with Crippen molar-refractivity contribution in [2.45, 2.75) is 43.8 Å². The van der Waals surface area contributed by atoms with Gasteiger partial charge in [-0.1, -0.05) is 12.5 Å². The fraction of sp³-hybridized carbons (Fsp3) is 0.615. The minimum atomic E-state index is -4.13. The SMILES string of the molecule is NC1(Cc2cccnc2)CCCC(C(F)(F)F)C1. The summed E-state index contributed by atoms with van der Waals surface area (Å²) < 4.78 is 38.3. The average Bonchev–Trinajstić information content (AvgIpc) is 2.28. The number of nitrogens with two attached hydrogens (primary N) is 1. The van der Waals surface area contributed by atoms with Crippen LogP contribution in [-0.4, -0.2) is 16.7 Å². The highest BCUT2D eigenvalue weighted by Gasteiger charge is 2.46. The van der Waals surface area contributed by atoms with E-state index in [0.717, 1.165) is 5.56 Å². The molecule has 1 aromatic heterocycles.